The summed E-state index contributed by atoms with van der Waals surface area (Å²) in [5.74, 6) is -2.31. The Morgan fingerprint density at radius 2 is 1.87 bits per heavy atom. The Morgan fingerprint density at radius 3 is 2.51 bits per heavy atom. The molecule has 0 aliphatic carbocycles. The molecule has 210 valence electrons. The lowest BCUT2D eigenvalue weighted by molar-refractivity contribution is -0.139. The number of nitrogens with zero attached hydrogens (tertiary/aromatic N) is 2. The summed E-state index contributed by atoms with van der Waals surface area (Å²) >= 11 is 2.39. The van der Waals surface area contributed by atoms with E-state index < -0.39 is 38.5 Å². The van der Waals surface area contributed by atoms with Gasteiger partial charge < -0.3 is 19.7 Å². The molecule has 0 unspecified atom stereocenters. The van der Waals surface area contributed by atoms with E-state index in [1.165, 1.54) is 18.1 Å². The molecule has 2 aromatic rings. The van der Waals surface area contributed by atoms with Crippen LogP contribution in [0, 0.1) is 18.6 Å². The number of hydrogen-bond acceptors (Lipinski definition) is 5. The highest BCUT2D eigenvalue weighted by Crippen LogP contribution is 2.37. The second kappa shape index (κ2) is 13.6. The highest BCUT2D eigenvalue weighted by molar-refractivity contribution is 14.2. The van der Waals surface area contributed by atoms with E-state index in [2.05, 4.69) is 21.2 Å². The second-order valence-electron chi connectivity index (χ2n) is 8.85. The minimum atomic E-state index is -0.947. The summed E-state index contributed by atoms with van der Waals surface area (Å²) in [6.45, 7) is 3.73. The maximum atomic E-state index is 14.0. The lowest BCUT2D eigenvalue weighted by atomic mass is 10.1. The molecule has 0 bridgehead atoms. The van der Waals surface area contributed by atoms with Crippen molar-refractivity contribution in [2.45, 2.75) is 33.0 Å². The quantitative estimate of drug-likeness (QED) is 0.359. The van der Waals surface area contributed by atoms with Crippen molar-refractivity contribution in [1.29, 1.82) is 0 Å². The monoisotopic (exact) mass is 719 g/mol. The second-order valence-corrected chi connectivity index (χ2v) is 12.7. The van der Waals surface area contributed by atoms with Crippen LogP contribution < -0.4 is 10.2 Å². The number of rotatable bonds is 10. The number of benzene rings is 2. The van der Waals surface area contributed by atoms with Gasteiger partial charge in [0.25, 0.3) is 17.7 Å². The number of hydrogen-bond donors (Lipinski definition) is 1. The molecule has 0 radical (unpaired) electrons. The standard InChI is InChI=1S/C27H29BrF2IN3O5/c1-15-6-7-17(25(35)32-11-10-22(38-5)26(36)33(3)4)12-21(15)34-16(2)31-24(23(28)27(34)37)39-14-18-8-9-19(29)13-20(18)30/h6-9,12-13,22H,10-11,14H2,1-5H3,(H,32,35)/t22-/m0/s1. The van der Waals surface area contributed by atoms with Crippen LogP contribution in [0.3, 0.4) is 0 Å². The molecule has 1 atom stereocenters. The fraction of sp³-hybridized carbons (Fsp3) is 0.333. The average Bonchev–Trinajstić information content (AvgIpc) is 2.89. The van der Waals surface area contributed by atoms with Gasteiger partial charge in [-0.25, -0.2) is 8.78 Å². The van der Waals surface area contributed by atoms with Gasteiger partial charge in [0.05, 0.1) is 9.32 Å². The molecule has 8 nitrogen and oxygen atoms in total. The highest BCUT2D eigenvalue weighted by atomic mass is 127. The van der Waals surface area contributed by atoms with E-state index in [1.54, 1.807) is 37.2 Å². The molecule has 3 amide bonds. The zero-order valence-electron chi connectivity index (χ0n) is 22.1. The smallest absolute Gasteiger partial charge is 0.274 e. The molecule has 2 aromatic carbocycles. The maximum absolute atomic E-state index is 14.0. The number of carbonyl (C=O) groups excluding carboxylic acids is 3. The van der Waals surface area contributed by atoms with Crippen molar-refractivity contribution in [1.82, 2.24) is 10.2 Å². The van der Waals surface area contributed by atoms with Gasteiger partial charge in [-0.3, -0.25) is 19.3 Å². The van der Waals surface area contributed by atoms with Gasteiger partial charge in [-0.2, -0.15) is 0 Å². The molecule has 1 N–H and O–H groups in total. The molecule has 12 heteroatoms. The predicted molar refractivity (Wildman–Crippen MR) is 157 cm³/mol. The van der Waals surface area contributed by atoms with E-state index in [-0.39, 0.29) is 40.9 Å². The molecule has 1 heterocycles. The van der Waals surface area contributed by atoms with Crippen molar-refractivity contribution in [3.05, 3.63) is 73.0 Å². The Kier molecular flexibility index (Phi) is 10.7. The molecule has 1 aliphatic rings. The number of likely N-dealkylation sites (N-methyl/N-ethyl adjacent to an activating group) is 1. The van der Waals surface area contributed by atoms with Gasteiger partial charge in [-0.1, -0.05) is 6.07 Å². The van der Waals surface area contributed by atoms with Crippen LogP contribution in [0.5, 0.6) is 0 Å². The van der Waals surface area contributed by atoms with E-state index in [0.717, 1.165) is 21.3 Å². The third-order valence-corrected chi connectivity index (χ3v) is 9.91. The lowest BCUT2D eigenvalue weighted by Crippen LogP contribution is -2.38. The lowest BCUT2D eigenvalue weighted by Gasteiger charge is -2.28. The Balaban J connectivity index is 1.73. The third kappa shape index (κ3) is 7.48. The maximum Gasteiger partial charge on any atom is 0.274 e. The minimum Gasteiger partial charge on any atom is -0.482 e. The molecule has 0 aromatic heterocycles. The van der Waals surface area contributed by atoms with E-state index >= 15 is 0 Å². The van der Waals surface area contributed by atoms with Crippen molar-refractivity contribution < 1.29 is 32.6 Å². The van der Waals surface area contributed by atoms with E-state index in [1.807, 2.05) is 13.8 Å². The number of nitrogens with one attached hydrogen (secondary N) is 1. The summed E-state index contributed by atoms with van der Waals surface area (Å²) in [6, 6.07) is 8.32. The molecular weight excluding hydrogens is 691 g/mol. The number of amides is 3. The number of carbonyl (C=O) groups is 3. The van der Waals surface area contributed by atoms with Gasteiger partial charge in [0.1, 0.15) is 28.8 Å². The Hall–Kier alpha value is -2.71. The number of methoxy groups -OCH3 is 1. The molecule has 0 saturated heterocycles. The van der Waals surface area contributed by atoms with Crippen molar-refractivity contribution >= 4 is 63.7 Å². The van der Waals surface area contributed by atoms with Crippen molar-refractivity contribution in [3.63, 3.8) is 0 Å². The van der Waals surface area contributed by atoms with Crippen LogP contribution in [-0.2, 0) is 25.7 Å². The highest BCUT2D eigenvalue weighted by Gasteiger charge is 2.30. The number of ether oxygens (including phenoxy) is 2. The normalized spacial score (nSPS) is 14.4. The molecule has 3 rings (SSSR count). The first-order chi connectivity index (χ1) is 18.4. The SMILES string of the molecule is CO[C@@H](CCNC(=O)c1ccc(C)c(N2C(=O)C(Br)=C(OCc3ccc(F)cc3F)I=C2C)c1)C(=O)N(C)C. The molecule has 1 aliphatic heterocycles. The first-order valence-corrected chi connectivity index (χ1v) is 14.8. The van der Waals surface area contributed by atoms with E-state index in [4.69, 9.17) is 9.47 Å². The van der Waals surface area contributed by atoms with Crippen LogP contribution in [0.1, 0.15) is 34.8 Å². The van der Waals surface area contributed by atoms with Gasteiger partial charge in [-0.15, -0.1) is 0 Å². The minimum absolute atomic E-state index is 0.143. The fourth-order valence-corrected chi connectivity index (χ4v) is 6.72. The van der Waals surface area contributed by atoms with E-state index in [0.29, 0.717) is 21.4 Å². The van der Waals surface area contributed by atoms with Crippen molar-refractivity contribution in [2.75, 3.05) is 32.6 Å². The van der Waals surface area contributed by atoms with Crippen molar-refractivity contribution in [3.8, 4) is 0 Å². The predicted octanol–water partition coefficient (Wildman–Crippen LogP) is 4.74. The van der Waals surface area contributed by atoms with Crippen LogP contribution in [0.25, 0.3) is 0 Å². The topological polar surface area (TPSA) is 88.2 Å². The van der Waals surface area contributed by atoms with Crippen LogP contribution in [0.15, 0.2) is 44.6 Å². The Bertz CT molecular complexity index is 1350. The van der Waals surface area contributed by atoms with Crippen LogP contribution in [0.2, 0.25) is 0 Å². The summed E-state index contributed by atoms with van der Waals surface area (Å²) in [7, 11) is 4.72. The zero-order chi connectivity index (χ0) is 28.9. The summed E-state index contributed by atoms with van der Waals surface area (Å²) in [5, 5.41) is 2.80. The van der Waals surface area contributed by atoms with Crippen LogP contribution in [0.4, 0.5) is 14.5 Å². The Labute approximate surface area is 244 Å². The molecule has 0 fully saturated rings. The number of anilines is 1. The summed E-state index contributed by atoms with van der Waals surface area (Å²) in [6.07, 6.45) is -0.358. The first-order valence-electron chi connectivity index (χ1n) is 11.9. The van der Waals surface area contributed by atoms with Crippen molar-refractivity contribution in [2.24, 2.45) is 0 Å². The van der Waals surface area contributed by atoms with Gasteiger partial charge >= 0.3 is 0 Å². The van der Waals surface area contributed by atoms with Gasteiger partial charge in [0.2, 0.25) is 0 Å². The molecule has 0 spiro atoms. The molecule has 0 saturated carbocycles. The summed E-state index contributed by atoms with van der Waals surface area (Å²) < 4.78 is 39.6. The summed E-state index contributed by atoms with van der Waals surface area (Å²) in [5.41, 5.74) is 1.88. The summed E-state index contributed by atoms with van der Waals surface area (Å²) in [4.78, 5) is 41.3. The Morgan fingerprint density at radius 1 is 1.15 bits per heavy atom. The largest absolute Gasteiger partial charge is 0.482 e. The number of aryl methyl sites for hydroxylation is 1. The van der Waals surface area contributed by atoms with Crippen LogP contribution in [-0.4, -0.2) is 60.1 Å². The average molecular weight is 720 g/mol. The van der Waals surface area contributed by atoms with E-state index in [9.17, 15) is 23.2 Å². The number of halogens is 4. The van der Waals surface area contributed by atoms with Gasteiger partial charge in [0, 0.05) is 44.9 Å². The molecular formula is C27H29BrF2IN3O5. The zero-order valence-corrected chi connectivity index (χ0v) is 25.9. The van der Waals surface area contributed by atoms with Gasteiger partial charge in [-0.05, 0) is 86.8 Å². The first kappa shape index (κ1) is 30.8. The molecule has 39 heavy (non-hydrogen) atoms. The fourth-order valence-electron chi connectivity index (χ4n) is 3.72. The third-order valence-electron chi connectivity index (χ3n) is 5.87. The van der Waals surface area contributed by atoms with Gasteiger partial charge in [0.15, 0.2) is 3.77 Å². The van der Waals surface area contributed by atoms with Crippen LogP contribution >= 0.6 is 36.7 Å².